The van der Waals surface area contributed by atoms with Gasteiger partial charge >= 0.3 is 5.76 Å². The second kappa shape index (κ2) is 10.0. The molecular formula is C24H29ClN4O5S. The molecule has 1 fully saturated rings. The fourth-order valence-electron chi connectivity index (χ4n) is 4.29. The molecule has 1 saturated heterocycles. The van der Waals surface area contributed by atoms with E-state index in [1.165, 1.54) is 22.8 Å². The zero-order chi connectivity index (χ0) is 25.3. The van der Waals surface area contributed by atoms with Gasteiger partial charge in [-0.1, -0.05) is 31.5 Å². The van der Waals surface area contributed by atoms with Crippen molar-refractivity contribution in [3.63, 3.8) is 0 Å². The molecule has 0 aliphatic carbocycles. The summed E-state index contributed by atoms with van der Waals surface area (Å²) in [6.45, 7) is 6.08. The van der Waals surface area contributed by atoms with Crippen LogP contribution in [0.1, 0.15) is 20.3 Å². The van der Waals surface area contributed by atoms with E-state index in [9.17, 15) is 18.0 Å². The van der Waals surface area contributed by atoms with Crippen LogP contribution in [0, 0.1) is 5.92 Å². The van der Waals surface area contributed by atoms with Crippen molar-refractivity contribution in [1.29, 1.82) is 0 Å². The van der Waals surface area contributed by atoms with Crippen LogP contribution < -0.4 is 15.4 Å². The minimum absolute atomic E-state index is 0.0633. The zero-order valence-electron chi connectivity index (χ0n) is 19.9. The maximum Gasteiger partial charge on any atom is 0.419 e. The molecule has 1 aliphatic heterocycles. The number of halogens is 1. The molecule has 188 valence electrons. The second-order valence-electron chi connectivity index (χ2n) is 9.15. The first-order valence-electron chi connectivity index (χ1n) is 11.5. The SMILES string of the molecule is CC(C)C[C@@H](NS(=O)(=O)c1ccc2c(c1)oc(=O)n2C)C(=O)N1CCN(c2cccc(Cl)c2)CC1. The number of nitrogens with one attached hydrogen (secondary N) is 1. The maximum absolute atomic E-state index is 13.4. The van der Waals surface area contributed by atoms with Crippen LogP contribution in [-0.4, -0.2) is 56.0 Å². The Balaban J connectivity index is 1.50. The highest BCUT2D eigenvalue weighted by atomic mass is 35.5. The van der Waals surface area contributed by atoms with Crippen LogP contribution in [0.25, 0.3) is 11.1 Å². The number of nitrogens with zero attached hydrogens (tertiary/aromatic N) is 3. The molecule has 9 nitrogen and oxygen atoms in total. The largest absolute Gasteiger partial charge is 0.419 e. The van der Waals surface area contributed by atoms with Gasteiger partial charge in [0.05, 0.1) is 10.4 Å². The number of benzene rings is 2. The van der Waals surface area contributed by atoms with E-state index in [-0.39, 0.29) is 22.3 Å². The summed E-state index contributed by atoms with van der Waals surface area (Å²) in [5, 5.41) is 0.653. The Hall–Kier alpha value is -2.82. The number of hydrogen-bond acceptors (Lipinski definition) is 6. The fourth-order valence-corrected chi connectivity index (χ4v) is 5.69. The number of oxazole rings is 1. The van der Waals surface area contributed by atoms with Crippen LogP contribution in [-0.2, 0) is 21.9 Å². The van der Waals surface area contributed by atoms with E-state index < -0.39 is 21.8 Å². The summed E-state index contributed by atoms with van der Waals surface area (Å²) < 4.78 is 35.4. The molecule has 1 amide bonds. The summed E-state index contributed by atoms with van der Waals surface area (Å²) in [4.78, 5) is 29.0. The number of sulfonamides is 1. The standard InChI is InChI=1S/C24H29ClN4O5S/c1-16(2)13-20(23(30)29-11-9-28(10-12-29)18-6-4-5-17(25)14-18)26-35(32,33)19-7-8-21-22(15-19)34-24(31)27(21)3/h4-8,14-16,20,26H,9-13H2,1-3H3/t20-/m1/s1. The maximum atomic E-state index is 13.4. The summed E-state index contributed by atoms with van der Waals surface area (Å²) in [5.74, 6) is -0.735. The van der Waals surface area contributed by atoms with Gasteiger partial charge in [0, 0.05) is 50.0 Å². The zero-order valence-corrected chi connectivity index (χ0v) is 21.5. The lowest BCUT2D eigenvalue weighted by Gasteiger charge is -2.38. The molecule has 35 heavy (non-hydrogen) atoms. The lowest BCUT2D eigenvalue weighted by molar-refractivity contribution is -0.133. The van der Waals surface area contributed by atoms with Crippen molar-refractivity contribution < 1.29 is 17.6 Å². The lowest BCUT2D eigenvalue weighted by atomic mass is 10.0. The number of rotatable bonds is 7. The molecule has 3 aromatic rings. The molecule has 11 heteroatoms. The second-order valence-corrected chi connectivity index (χ2v) is 11.3. The normalized spacial score (nSPS) is 15.7. The molecule has 1 aliphatic rings. The number of carbonyl (C=O) groups is 1. The third-order valence-electron chi connectivity index (χ3n) is 6.14. The first-order chi connectivity index (χ1) is 16.5. The van der Waals surface area contributed by atoms with E-state index in [4.69, 9.17) is 16.0 Å². The Bertz CT molecular complexity index is 1390. The Morgan fingerprint density at radius 1 is 1.11 bits per heavy atom. The molecule has 2 heterocycles. The number of anilines is 1. The van der Waals surface area contributed by atoms with Crippen LogP contribution in [0.4, 0.5) is 5.69 Å². The third kappa shape index (κ3) is 5.55. The summed E-state index contributed by atoms with van der Waals surface area (Å²) >= 11 is 6.11. The predicted octanol–water partition coefficient (Wildman–Crippen LogP) is 2.83. The van der Waals surface area contributed by atoms with Crippen molar-refractivity contribution in [2.45, 2.75) is 31.2 Å². The van der Waals surface area contributed by atoms with Crippen molar-refractivity contribution in [3.05, 3.63) is 58.0 Å². The molecule has 0 unspecified atom stereocenters. The summed E-state index contributed by atoms with van der Waals surface area (Å²) in [6, 6.07) is 10.9. The topological polar surface area (TPSA) is 105 Å². The number of fused-ring (bicyclic) bond motifs is 1. The van der Waals surface area contributed by atoms with Crippen LogP contribution in [0.2, 0.25) is 5.02 Å². The molecule has 2 aromatic carbocycles. The van der Waals surface area contributed by atoms with Crippen LogP contribution in [0.3, 0.4) is 0 Å². The summed E-state index contributed by atoms with van der Waals surface area (Å²) in [6.07, 6.45) is 0.356. The highest BCUT2D eigenvalue weighted by Crippen LogP contribution is 2.22. The Morgan fingerprint density at radius 3 is 2.49 bits per heavy atom. The quantitative estimate of drug-likeness (QED) is 0.513. The molecule has 0 radical (unpaired) electrons. The van der Waals surface area contributed by atoms with Gasteiger partial charge in [0.1, 0.15) is 6.04 Å². The first-order valence-corrected chi connectivity index (χ1v) is 13.3. The van der Waals surface area contributed by atoms with Crippen molar-refractivity contribution in [2.75, 3.05) is 31.1 Å². The number of piperazine rings is 1. The molecule has 1 aromatic heterocycles. The van der Waals surface area contributed by atoms with Crippen molar-refractivity contribution >= 4 is 44.3 Å². The summed E-state index contributed by atoms with van der Waals surface area (Å²) in [5.41, 5.74) is 1.65. The average Bonchev–Trinajstić information content (AvgIpc) is 3.10. The highest BCUT2D eigenvalue weighted by Gasteiger charge is 2.32. The van der Waals surface area contributed by atoms with Crippen LogP contribution >= 0.6 is 11.6 Å². The first kappa shape index (κ1) is 25.3. The van der Waals surface area contributed by atoms with Crippen molar-refractivity contribution in [1.82, 2.24) is 14.2 Å². The van der Waals surface area contributed by atoms with Crippen LogP contribution in [0.5, 0.6) is 0 Å². The predicted molar refractivity (Wildman–Crippen MR) is 135 cm³/mol. The van der Waals surface area contributed by atoms with Gasteiger partial charge < -0.3 is 14.2 Å². The number of carbonyl (C=O) groups excluding carboxylic acids is 1. The van der Waals surface area contributed by atoms with E-state index in [0.717, 1.165) is 5.69 Å². The number of hydrogen-bond donors (Lipinski definition) is 1. The number of aromatic nitrogens is 1. The van der Waals surface area contributed by atoms with Gasteiger partial charge in [0.15, 0.2) is 5.58 Å². The minimum atomic E-state index is -4.04. The third-order valence-corrected chi connectivity index (χ3v) is 7.85. The number of aryl methyl sites for hydroxylation is 1. The smallest absolute Gasteiger partial charge is 0.408 e. The summed E-state index contributed by atoms with van der Waals surface area (Å²) in [7, 11) is -2.49. The van der Waals surface area contributed by atoms with E-state index in [2.05, 4.69) is 9.62 Å². The van der Waals surface area contributed by atoms with E-state index >= 15 is 0 Å². The highest BCUT2D eigenvalue weighted by molar-refractivity contribution is 7.89. The van der Waals surface area contributed by atoms with Gasteiger partial charge in [-0.05, 0) is 42.7 Å². The Morgan fingerprint density at radius 2 is 1.83 bits per heavy atom. The lowest BCUT2D eigenvalue weighted by Crippen LogP contribution is -2.55. The fraction of sp³-hybridized carbons (Fsp3) is 0.417. The molecule has 0 saturated carbocycles. The Labute approximate surface area is 209 Å². The van der Waals surface area contributed by atoms with Crippen molar-refractivity contribution in [3.8, 4) is 0 Å². The molecular weight excluding hydrogens is 492 g/mol. The van der Waals surface area contributed by atoms with E-state index in [0.29, 0.717) is 43.1 Å². The molecule has 0 spiro atoms. The van der Waals surface area contributed by atoms with Gasteiger partial charge in [-0.25, -0.2) is 13.2 Å². The van der Waals surface area contributed by atoms with Crippen molar-refractivity contribution in [2.24, 2.45) is 13.0 Å². The van der Waals surface area contributed by atoms with Gasteiger partial charge in [-0.2, -0.15) is 4.72 Å². The van der Waals surface area contributed by atoms with Gasteiger partial charge in [-0.3, -0.25) is 9.36 Å². The van der Waals surface area contributed by atoms with E-state index in [1.807, 2.05) is 38.1 Å². The van der Waals surface area contributed by atoms with Gasteiger partial charge in [-0.15, -0.1) is 0 Å². The number of amides is 1. The molecule has 4 rings (SSSR count). The Kier molecular flexibility index (Phi) is 7.25. The monoisotopic (exact) mass is 520 g/mol. The minimum Gasteiger partial charge on any atom is -0.408 e. The van der Waals surface area contributed by atoms with E-state index in [1.54, 1.807) is 11.9 Å². The van der Waals surface area contributed by atoms with Gasteiger partial charge in [0.25, 0.3) is 0 Å². The average molecular weight is 521 g/mol. The molecule has 1 atom stereocenters. The van der Waals surface area contributed by atoms with Gasteiger partial charge in [0.2, 0.25) is 15.9 Å². The molecule has 0 bridgehead atoms. The van der Waals surface area contributed by atoms with Crippen LogP contribution in [0.15, 0.2) is 56.6 Å². The molecule has 1 N–H and O–H groups in total.